The third-order valence-corrected chi connectivity index (χ3v) is 3.80. The number of benzene rings is 2. The summed E-state index contributed by atoms with van der Waals surface area (Å²) in [5, 5.41) is 2.84. The fraction of sp³-hybridized carbons (Fsp3) is 0.0556. The van der Waals surface area contributed by atoms with Gasteiger partial charge in [-0.3, -0.25) is 9.59 Å². The largest absolute Gasteiger partial charge is 0.323 e. The third-order valence-electron chi connectivity index (χ3n) is 3.55. The average molecular weight is 376 g/mol. The van der Waals surface area contributed by atoms with Gasteiger partial charge in [0.2, 0.25) is 5.91 Å². The van der Waals surface area contributed by atoms with Gasteiger partial charge in [0.05, 0.1) is 12.1 Å². The molecule has 1 heterocycles. The van der Waals surface area contributed by atoms with E-state index >= 15 is 0 Å². The second kappa shape index (κ2) is 7.45. The van der Waals surface area contributed by atoms with E-state index in [2.05, 4.69) is 15.3 Å². The first-order valence-electron chi connectivity index (χ1n) is 7.51. The lowest BCUT2D eigenvalue weighted by molar-refractivity contribution is -0.115. The van der Waals surface area contributed by atoms with E-state index in [0.29, 0.717) is 22.5 Å². The summed E-state index contributed by atoms with van der Waals surface area (Å²) in [6.45, 7) is 0. The Morgan fingerprint density at radius 2 is 1.88 bits per heavy atom. The van der Waals surface area contributed by atoms with Gasteiger partial charge in [0.15, 0.2) is 0 Å². The second-order valence-electron chi connectivity index (χ2n) is 5.44. The number of aromatic nitrogens is 2. The molecule has 8 heteroatoms. The molecule has 0 aliphatic carbocycles. The number of amides is 1. The highest BCUT2D eigenvalue weighted by molar-refractivity contribution is 6.30. The highest BCUT2D eigenvalue weighted by Crippen LogP contribution is 2.17. The first kappa shape index (κ1) is 17.8. The molecule has 0 unspecified atom stereocenters. The van der Waals surface area contributed by atoms with Crippen LogP contribution in [0.5, 0.6) is 0 Å². The number of aromatic amines is 1. The quantitative estimate of drug-likeness (QED) is 0.732. The van der Waals surface area contributed by atoms with Crippen LogP contribution in [0.2, 0.25) is 5.02 Å². The van der Waals surface area contributed by atoms with Crippen LogP contribution in [0.4, 0.5) is 14.5 Å². The van der Waals surface area contributed by atoms with E-state index in [4.69, 9.17) is 11.6 Å². The van der Waals surface area contributed by atoms with Crippen molar-refractivity contribution in [1.29, 1.82) is 0 Å². The SMILES string of the molecule is O=C(Cc1cnc(-c2ccc(Cl)cc2)[nH]c1=O)Nc1ccc(F)cc1F. The molecule has 3 aromatic rings. The van der Waals surface area contributed by atoms with Crippen molar-refractivity contribution in [2.75, 3.05) is 5.32 Å². The van der Waals surface area contributed by atoms with E-state index in [0.717, 1.165) is 12.1 Å². The first-order chi connectivity index (χ1) is 12.4. The molecule has 0 spiro atoms. The molecule has 0 saturated carbocycles. The molecule has 0 aliphatic heterocycles. The lowest BCUT2D eigenvalue weighted by Gasteiger charge is -2.07. The lowest BCUT2D eigenvalue weighted by Crippen LogP contribution is -2.22. The van der Waals surface area contributed by atoms with Gasteiger partial charge in [-0.05, 0) is 36.4 Å². The Labute approximate surface area is 151 Å². The highest BCUT2D eigenvalue weighted by Gasteiger charge is 2.12. The van der Waals surface area contributed by atoms with Crippen molar-refractivity contribution in [2.45, 2.75) is 6.42 Å². The molecule has 2 N–H and O–H groups in total. The summed E-state index contributed by atoms with van der Waals surface area (Å²) in [5.74, 6) is -1.94. The Balaban J connectivity index is 1.74. The van der Waals surface area contributed by atoms with Gasteiger partial charge in [0.1, 0.15) is 17.5 Å². The number of hydrogen-bond donors (Lipinski definition) is 2. The Hall–Kier alpha value is -3.06. The van der Waals surface area contributed by atoms with Crippen molar-refractivity contribution in [1.82, 2.24) is 9.97 Å². The minimum Gasteiger partial charge on any atom is -0.323 e. The molecule has 0 radical (unpaired) electrons. The summed E-state index contributed by atoms with van der Waals surface area (Å²) in [6.07, 6.45) is 0.976. The summed E-state index contributed by atoms with van der Waals surface area (Å²) >= 11 is 5.81. The predicted octanol–water partition coefficient (Wildman–Crippen LogP) is 3.55. The number of halogens is 3. The number of anilines is 1. The van der Waals surface area contributed by atoms with Crippen LogP contribution >= 0.6 is 11.6 Å². The van der Waals surface area contributed by atoms with Gasteiger partial charge >= 0.3 is 0 Å². The van der Waals surface area contributed by atoms with Gasteiger partial charge in [-0.1, -0.05) is 11.6 Å². The Morgan fingerprint density at radius 1 is 1.15 bits per heavy atom. The molecule has 5 nitrogen and oxygen atoms in total. The van der Waals surface area contributed by atoms with E-state index in [-0.39, 0.29) is 17.7 Å². The maximum absolute atomic E-state index is 13.6. The lowest BCUT2D eigenvalue weighted by atomic mass is 10.2. The minimum atomic E-state index is -0.900. The standard InChI is InChI=1S/C18H12ClF2N3O2/c19-12-3-1-10(2-4-12)17-22-9-11(18(26)24-17)7-16(25)23-15-6-5-13(20)8-14(15)21/h1-6,8-9H,7H2,(H,23,25)(H,22,24,26). The molecule has 1 amide bonds. The number of nitrogens with zero attached hydrogens (tertiary/aromatic N) is 1. The number of nitrogens with one attached hydrogen (secondary N) is 2. The number of rotatable bonds is 4. The molecule has 3 rings (SSSR count). The van der Waals surface area contributed by atoms with Gasteiger partial charge in [0.25, 0.3) is 5.56 Å². The van der Waals surface area contributed by atoms with Gasteiger partial charge in [-0.15, -0.1) is 0 Å². The zero-order valence-electron chi connectivity index (χ0n) is 13.2. The van der Waals surface area contributed by atoms with Crippen molar-refractivity contribution in [3.63, 3.8) is 0 Å². The fourth-order valence-corrected chi connectivity index (χ4v) is 2.39. The van der Waals surface area contributed by atoms with Crippen molar-refractivity contribution in [3.05, 3.63) is 81.2 Å². The van der Waals surface area contributed by atoms with Gasteiger partial charge in [0, 0.05) is 28.4 Å². The number of carbonyl (C=O) groups is 1. The van der Waals surface area contributed by atoms with E-state index in [1.807, 2.05) is 0 Å². The molecule has 0 aliphatic rings. The molecule has 2 aromatic carbocycles. The minimum absolute atomic E-state index is 0.114. The molecule has 0 atom stereocenters. The Bertz CT molecular complexity index is 1020. The van der Waals surface area contributed by atoms with E-state index < -0.39 is 23.1 Å². The van der Waals surface area contributed by atoms with Crippen molar-refractivity contribution < 1.29 is 13.6 Å². The van der Waals surface area contributed by atoms with Gasteiger partial charge in [-0.2, -0.15) is 0 Å². The molecule has 0 fully saturated rings. The van der Waals surface area contributed by atoms with Crippen LogP contribution in [-0.4, -0.2) is 15.9 Å². The predicted molar refractivity (Wildman–Crippen MR) is 94.0 cm³/mol. The molecule has 0 bridgehead atoms. The zero-order valence-corrected chi connectivity index (χ0v) is 14.0. The number of carbonyl (C=O) groups excluding carboxylic acids is 1. The van der Waals surface area contributed by atoms with Crippen LogP contribution < -0.4 is 10.9 Å². The normalized spacial score (nSPS) is 10.6. The molecule has 26 heavy (non-hydrogen) atoms. The van der Waals surface area contributed by atoms with Crippen LogP contribution in [0.25, 0.3) is 11.4 Å². The van der Waals surface area contributed by atoms with Crippen LogP contribution in [0.3, 0.4) is 0 Å². The van der Waals surface area contributed by atoms with Crippen molar-refractivity contribution in [3.8, 4) is 11.4 Å². The van der Waals surface area contributed by atoms with Crippen LogP contribution in [-0.2, 0) is 11.2 Å². The van der Waals surface area contributed by atoms with Crippen molar-refractivity contribution >= 4 is 23.2 Å². The Kier molecular flexibility index (Phi) is 5.09. The third kappa shape index (κ3) is 4.12. The average Bonchev–Trinajstić information content (AvgIpc) is 2.60. The number of H-pyrrole nitrogens is 1. The summed E-state index contributed by atoms with van der Waals surface area (Å²) in [7, 11) is 0. The first-order valence-corrected chi connectivity index (χ1v) is 7.89. The topological polar surface area (TPSA) is 74.8 Å². The zero-order chi connectivity index (χ0) is 18.7. The summed E-state index contributed by atoms with van der Waals surface area (Å²) in [4.78, 5) is 30.9. The Morgan fingerprint density at radius 3 is 2.54 bits per heavy atom. The van der Waals surface area contributed by atoms with Gasteiger partial charge in [-0.25, -0.2) is 13.8 Å². The number of hydrogen-bond acceptors (Lipinski definition) is 3. The van der Waals surface area contributed by atoms with Crippen LogP contribution in [0.15, 0.2) is 53.5 Å². The van der Waals surface area contributed by atoms with Crippen LogP contribution in [0, 0.1) is 11.6 Å². The van der Waals surface area contributed by atoms with E-state index in [1.54, 1.807) is 24.3 Å². The molecule has 0 saturated heterocycles. The van der Waals surface area contributed by atoms with Crippen molar-refractivity contribution in [2.24, 2.45) is 0 Å². The smallest absolute Gasteiger partial charge is 0.254 e. The molecule has 132 valence electrons. The molecular formula is C18H12ClF2N3O2. The fourth-order valence-electron chi connectivity index (χ4n) is 2.26. The highest BCUT2D eigenvalue weighted by atomic mass is 35.5. The monoisotopic (exact) mass is 375 g/mol. The van der Waals surface area contributed by atoms with E-state index in [9.17, 15) is 18.4 Å². The summed E-state index contributed by atoms with van der Waals surface area (Å²) in [5.41, 5.74) is 0.122. The molecule has 1 aromatic heterocycles. The maximum Gasteiger partial charge on any atom is 0.254 e. The summed E-state index contributed by atoms with van der Waals surface area (Å²) in [6, 6.07) is 9.51. The summed E-state index contributed by atoms with van der Waals surface area (Å²) < 4.78 is 26.4. The van der Waals surface area contributed by atoms with Gasteiger partial charge < -0.3 is 10.3 Å². The molecular weight excluding hydrogens is 364 g/mol. The maximum atomic E-state index is 13.6. The van der Waals surface area contributed by atoms with E-state index in [1.165, 1.54) is 6.20 Å². The second-order valence-corrected chi connectivity index (χ2v) is 5.88. The van der Waals surface area contributed by atoms with Crippen LogP contribution in [0.1, 0.15) is 5.56 Å².